The monoisotopic (exact) mass is 614 g/mol. The zero-order valence-electron chi connectivity index (χ0n) is 25.3. The van der Waals surface area contributed by atoms with Crippen LogP contribution in [0, 0.1) is 11.8 Å². The SMILES string of the molecule is CCO[Si](CCC(C)(CCC(=O)S)OC(=S)CC(C[Si](OCC)(OCC)OCC)C(C)C)(OCC)OCC. The molecule has 0 heterocycles. The number of rotatable bonds is 24. The molecule has 38 heavy (non-hydrogen) atoms. The standard InChI is InChI=1S/C26H54O8S2Si2/c1-10-28-37(29-11-2,30-12-3)19-18-26(9,17-16-24(27)35)34-25(36)20-23(22(7)8)21-38(31-13-4,32-14-5)33-15-6/h22-23H,10-21H2,1-9H3,(H,27,35). The van der Waals surface area contributed by atoms with E-state index in [0.29, 0.717) is 82.0 Å². The first-order valence-electron chi connectivity index (χ1n) is 14.2. The minimum absolute atomic E-state index is 0.151. The fourth-order valence-electron chi connectivity index (χ4n) is 4.37. The molecular formula is C26H54O8S2Si2. The van der Waals surface area contributed by atoms with E-state index in [2.05, 4.69) is 26.5 Å². The van der Waals surface area contributed by atoms with E-state index in [9.17, 15) is 4.79 Å². The van der Waals surface area contributed by atoms with Crippen LogP contribution in [0.15, 0.2) is 0 Å². The van der Waals surface area contributed by atoms with Crippen molar-refractivity contribution in [3.63, 3.8) is 0 Å². The smallest absolute Gasteiger partial charge is 0.481 e. The van der Waals surface area contributed by atoms with Crippen LogP contribution in [0.4, 0.5) is 0 Å². The second-order valence-electron chi connectivity index (χ2n) is 9.69. The molecule has 0 aromatic heterocycles. The summed E-state index contributed by atoms with van der Waals surface area (Å²) in [5.41, 5.74) is -0.700. The molecule has 0 aromatic carbocycles. The van der Waals surface area contributed by atoms with Crippen LogP contribution >= 0.6 is 24.8 Å². The second-order valence-corrected chi connectivity index (χ2v) is 16.0. The normalized spacial score (nSPS) is 14.9. The molecule has 0 aliphatic rings. The fraction of sp³-hybridized carbons (Fsp3) is 0.923. The lowest BCUT2D eigenvalue weighted by molar-refractivity contribution is -0.111. The highest BCUT2D eigenvalue weighted by Crippen LogP contribution is 2.34. The summed E-state index contributed by atoms with van der Waals surface area (Å²) in [6, 6.07) is 1.22. The van der Waals surface area contributed by atoms with Gasteiger partial charge in [0.1, 0.15) is 5.60 Å². The van der Waals surface area contributed by atoms with Crippen molar-refractivity contribution in [1.29, 1.82) is 0 Å². The number of carbonyl (C=O) groups is 1. The lowest BCUT2D eigenvalue weighted by Crippen LogP contribution is -2.48. The van der Waals surface area contributed by atoms with E-state index < -0.39 is 23.2 Å². The van der Waals surface area contributed by atoms with Crippen LogP contribution in [0.25, 0.3) is 0 Å². The van der Waals surface area contributed by atoms with Gasteiger partial charge < -0.3 is 31.3 Å². The highest BCUT2D eigenvalue weighted by Gasteiger charge is 2.45. The zero-order valence-corrected chi connectivity index (χ0v) is 29.0. The molecule has 0 bridgehead atoms. The summed E-state index contributed by atoms with van der Waals surface area (Å²) < 4.78 is 42.9. The summed E-state index contributed by atoms with van der Waals surface area (Å²) in [5.74, 6) is 0.460. The van der Waals surface area contributed by atoms with Crippen LogP contribution < -0.4 is 0 Å². The van der Waals surface area contributed by atoms with Crippen molar-refractivity contribution in [2.75, 3.05) is 39.6 Å². The molecule has 12 heteroatoms. The van der Waals surface area contributed by atoms with Gasteiger partial charge in [0, 0.05) is 64.6 Å². The predicted octanol–water partition coefficient (Wildman–Crippen LogP) is 6.47. The third kappa shape index (κ3) is 14.7. The number of thiocarbonyl (C=S) groups is 1. The third-order valence-electron chi connectivity index (χ3n) is 6.26. The highest BCUT2D eigenvalue weighted by atomic mass is 32.1. The van der Waals surface area contributed by atoms with E-state index in [1.807, 2.05) is 48.5 Å². The second kappa shape index (κ2) is 20.1. The Labute approximate surface area is 245 Å². The molecule has 0 N–H and O–H groups in total. The first kappa shape index (κ1) is 38.1. The molecular weight excluding hydrogens is 561 g/mol. The number of carbonyl (C=O) groups excluding carboxylic acids is 1. The molecule has 0 aliphatic heterocycles. The van der Waals surface area contributed by atoms with Crippen LogP contribution in [0.5, 0.6) is 0 Å². The fourth-order valence-corrected chi connectivity index (χ4v) is 10.9. The van der Waals surface area contributed by atoms with Gasteiger partial charge in [-0.3, -0.25) is 4.79 Å². The Bertz CT molecular complexity index is 637. The molecule has 226 valence electrons. The number of hydrogen-bond acceptors (Lipinski definition) is 9. The van der Waals surface area contributed by atoms with Crippen molar-refractivity contribution in [3.8, 4) is 0 Å². The van der Waals surface area contributed by atoms with Crippen molar-refractivity contribution in [2.24, 2.45) is 11.8 Å². The summed E-state index contributed by atoms with van der Waals surface area (Å²) in [7, 11) is -5.75. The topological polar surface area (TPSA) is 81.7 Å². The van der Waals surface area contributed by atoms with Crippen molar-refractivity contribution in [3.05, 3.63) is 0 Å². The van der Waals surface area contributed by atoms with Gasteiger partial charge >= 0.3 is 17.6 Å². The summed E-state index contributed by atoms with van der Waals surface area (Å²) in [4.78, 5) is 11.8. The Morgan fingerprint density at radius 3 is 1.58 bits per heavy atom. The molecule has 0 saturated heterocycles. The van der Waals surface area contributed by atoms with Gasteiger partial charge in [0.15, 0.2) is 10.2 Å². The molecule has 0 radical (unpaired) electrons. The first-order valence-corrected chi connectivity index (χ1v) is 18.9. The first-order chi connectivity index (χ1) is 17.9. The Balaban J connectivity index is 5.79. The van der Waals surface area contributed by atoms with Gasteiger partial charge in [-0.2, -0.15) is 0 Å². The van der Waals surface area contributed by atoms with Gasteiger partial charge in [-0.15, -0.1) is 12.6 Å². The number of hydrogen-bond donors (Lipinski definition) is 1. The molecule has 2 atom stereocenters. The van der Waals surface area contributed by atoms with Crippen molar-refractivity contribution in [1.82, 2.24) is 0 Å². The Morgan fingerprint density at radius 1 is 0.789 bits per heavy atom. The molecule has 0 amide bonds. The molecule has 0 saturated carbocycles. The van der Waals surface area contributed by atoms with Crippen molar-refractivity contribution >= 4 is 52.6 Å². The number of thiol groups is 1. The molecule has 0 spiro atoms. The zero-order chi connectivity index (χ0) is 29.2. The van der Waals surface area contributed by atoms with E-state index in [4.69, 9.17) is 43.5 Å². The van der Waals surface area contributed by atoms with E-state index >= 15 is 0 Å². The van der Waals surface area contributed by atoms with Crippen LogP contribution in [0.1, 0.15) is 88.0 Å². The Hall–Kier alpha value is 0.104. The van der Waals surface area contributed by atoms with Gasteiger partial charge in [-0.25, -0.2) is 0 Å². The lowest BCUT2D eigenvalue weighted by atomic mass is 9.94. The van der Waals surface area contributed by atoms with Crippen LogP contribution in [-0.2, 0) is 36.1 Å². The minimum Gasteiger partial charge on any atom is -0.481 e. The van der Waals surface area contributed by atoms with E-state index in [1.165, 1.54) is 0 Å². The molecule has 0 fully saturated rings. The van der Waals surface area contributed by atoms with Crippen molar-refractivity contribution < 1.29 is 36.1 Å². The van der Waals surface area contributed by atoms with E-state index in [1.54, 1.807) is 0 Å². The average molecular weight is 615 g/mol. The van der Waals surface area contributed by atoms with Crippen molar-refractivity contribution in [2.45, 2.75) is 106 Å². The maximum Gasteiger partial charge on any atom is 0.501 e. The molecule has 8 nitrogen and oxygen atoms in total. The van der Waals surface area contributed by atoms with Gasteiger partial charge in [-0.1, -0.05) is 13.8 Å². The van der Waals surface area contributed by atoms with Gasteiger partial charge in [-0.05, 0) is 85.4 Å². The Morgan fingerprint density at radius 2 is 1.21 bits per heavy atom. The molecule has 0 aromatic rings. The summed E-state index contributed by atoms with van der Waals surface area (Å²) in [6.45, 7) is 21.1. The largest absolute Gasteiger partial charge is 0.501 e. The van der Waals surface area contributed by atoms with Crippen LogP contribution in [0.3, 0.4) is 0 Å². The van der Waals surface area contributed by atoms with Gasteiger partial charge in [0.05, 0.1) is 0 Å². The van der Waals surface area contributed by atoms with Gasteiger partial charge in [0.2, 0.25) is 0 Å². The maximum atomic E-state index is 11.8. The quantitative estimate of drug-likeness (QED) is 0.0747. The minimum atomic E-state index is -2.89. The highest BCUT2D eigenvalue weighted by molar-refractivity contribution is 7.96. The molecule has 0 aliphatic carbocycles. The third-order valence-corrected chi connectivity index (χ3v) is 13.0. The summed E-state index contributed by atoms with van der Waals surface area (Å²) >= 11 is 9.79. The Kier molecular flexibility index (Phi) is 20.1. The van der Waals surface area contributed by atoms with Gasteiger partial charge in [0.25, 0.3) is 0 Å². The van der Waals surface area contributed by atoms with Crippen LogP contribution in [0.2, 0.25) is 12.1 Å². The average Bonchev–Trinajstić information content (AvgIpc) is 2.82. The number of ether oxygens (including phenoxy) is 1. The lowest BCUT2D eigenvalue weighted by Gasteiger charge is -2.36. The molecule has 0 rings (SSSR count). The predicted molar refractivity (Wildman–Crippen MR) is 164 cm³/mol. The van der Waals surface area contributed by atoms with E-state index in [0.717, 1.165) is 0 Å². The summed E-state index contributed by atoms with van der Waals surface area (Å²) in [6.07, 6.45) is 1.89. The maximum absolute atomic E-state index is 11.8. The van der Waals surface area contributed by atoms with Crippen LogP contribution in [-0.4, -0.2) is 73.0 Å². The molecule has 2 unspecified atom stereocenters. The summed E-state index contributed by atoms with van der Waals surface area (Å²) in [5, 5.41) is 0.316. The van der Waals surface area contributed by atoms with E-state index in [-0.39, 0.29) is 17.5 Å².